The Bertz CT molecular complexity index is 1030. The van der Waals surface area contributed by atoms with Gasteiger partial charge in [-0.2, -0.15) is 9.30 Å². The summed E-state index contributed by atoms with van der Waals surface area (Å²) < 4.78 is 27.0. The number of carbonyl (C=O) groups is 1. The molecule has 144 valence electrons. The summed E-state index contributed by atoms with van der Waals surface area (Å²) in [5, 5.41) is 0.643. The van der Waals surface area contributed by atoms with Gasteiger partial charge < -0.3 is 4.90 Å². The number of amides is 1. The second kappa shape index (κ2) is 7.90. The molecular formula is C20H19N3O3S2. The number of sulfonamides is 1. The van der Waals surface area contributed by atoms with Gasteiger partial charge in [0.2, 0.25) is 10.0 Å². The number of hydrogen-bond acceptors (Lipinski definition) is 5. The third-order valence-corrected chi connectivity index (χ3v) is 7.55. The number of aliphatic imine (C=N–C) groups is 1. The summed E-state index contributed by atoms with van der Waals surface area (Å²) >= 11 is 1.34. The van der Waals surface area contributed by atoms with Crippen LogP contribution in [0, 0.1) is 0 Å². The van der Waals surface area contributed by atoms with E-state index in [1.54, 1.807) is 30.3 Å². The van der Waals surface area contributed by atoms with Crippen molar-refractivity contribution in [1.29, 1.82) is 0 Å². The number of benzene rings is 2. The minimum atomic E-state index is -3.49. The maximum atomic E-state index is 12.7. The lowest BCUT2D eigenvalue weighted by Crippen LogP contribution is -2.49. The molecule has 0 spiro atoms. The first-order valence-electron chi connectivity index (χ1n) is 8.92. The molecule has 8 heteroatoms. The summed E-state index contributed by atoms with van der Waals surface area (Å²) in [6.07, 6.45) is 1.83. The molecule has 0 bridgehead atoms. The molecule has 1 amide bonds. The average molecular weight is 414 g/mol. The van der Waals surface area contributed by atoms with Crippen LogP contribution in [0.3, 0.4) is 0 Å². The van der Waals surface area contributed by atoms with E-state index in [1.165, 1.54) is 16.1 Å². The number of amidine groups is 1. The van der Waals surface area contributed by atoms with Crippen molar-refractivity contribution in [1.82, 2.24) is 9.21 Å². The van der Waals surface area contributed by atoms with E-state index in [-0.39, 0.29) is 5.91 Å². The summed E-state index contributed by atoms with van der Waals surface area (Å²) in [5.74, 6) is -0.247. The highest BCUT2D eigenvalue weighted by Gasteiger charge is 2.32. The summed E-state index contributed by atoms with van der Waals surface area (Å²) in [6.45, 7) is 1.74. The Labute approximate surface area is 168 Å². The number of rotatable bonds is 3. The van der Waals surface area contributed by atoms with Crippen LogP contribution in [0.15, 0.2) is 75.5 Å². The van der Waals surface area contributed by atoms with Gasteiger partial charge in [-0.05, 0) is 35.5 Å². The molecule has 2 aromatic carbocycles. The second-order valence-electron chi connectivity index (χ2n) is 6.43. The molecule has 0 saturated carbocycles. The van der Waals surface area contributed by atoms with Crippen molar-refractivity contribution >= 4 is 38.9 Å². The Hall–Kier alpha value is -2.42. The molecule has 0 radical (unpaired) electrons. The van der Waals surface area contributed by atoms with Crippen molar-refractivity contribution in [3.63, 3.8) is 0 Å². The molecule has 2 aromatic rings. The van der Waals surface area contributed by atoms with Crippen LogP contribution in [0.4, 0.5) is 0 Å². The van der Waals surface area contributed by atoms with E-state index in [2.05, 4.69) is 4.99 Å². The van der Waals surface area contributed by atoms with Crippen LogP contribution in [-0.2, 0) is 14.8 Å². The number of piperazine rings is 1. The first kappa shape index (κ1) is 18.9. The predicted octanol–water partition coefficient (Wildman–Crippen LogP) is 2.66. The lowest BCUT2D eigenvalue weighted by Gasteiger charge is -2.34. The maximum absolute atomic E-state index is 12.7. The monoisotopic (exact) mass is 413 g/mol. The van der Waals surface area contributed by atoms with Gasteiger partial charge in [0.25, 0.3) is 5.91 Å². The number of thioether (sulfide) groups is 1. The molecule has 4 rings (SSSR count). The summed E-state index contributed by atoms with van der Waals surface area (Å²) in [6, 6.07) is 18.1. The molecule has 28 heavy (non-hydrogen) atoms. The topological polar surface area (TPSA) is 70.1 Å². The molecule has 2 aliphatic rings. The molecule has 2 heterocycles. The third kappa shape index (κ3) is 3.89. The van der Waals surface area contributed by atoms with Crippen molar-refractivity contribution in [2.75, 3.05) is 26.2 Å². The molecule has 1 fully saturated rings. The van der Waals surface area contributed by atoms with Crippen molar-refractivity contribution in [2.24, 2.45) is 4.99 Å². The van der Waals surface area contributed by atoms with Gasteiger partial charge in [-0.1, -0.05) is 48.5 Å². The molecule has 0 aliphatic carbocycles. The van der Waals surface area contributed by atoms with Gasteiger partial charge in [0.1, 0.15) is 0 Å². The highest BCUT2D eigenvalue weighted by Crippen LogP contribution is 2.31. The molecule has 0 unspecified atom stereocenters. The number of hydrogen-bond donors (Lipinski definition) is 0. The molecule has 0 N–H and O–H groups in total. The molecule has 0 aromatic heterocycles. The third-order valence-electron chi connectivity index (χ3n) is 4.60. The van der Waals surface area contributed by atoms with E-state index in [0.717, 1.165) is 5.56 Å². The molecular weight excluding hydrogens is 394 g/mol. The Morgan fingerprint density at radius 1 is 0.893 bits per heavy atom. The van der Waals surface area contributed by atoms with Crippen LogP contribution in [0.25, 0.3) is 6.08 Å². The van der Waals surface area contributed by atoms with Crippen LogP contribution in [0.2, 0.25) is 0 Å². The van der Waals surface area contributed by atoms with Gasteiger partial charge >= 0.3 is 0 Å². The minimum absolute atomic E-state index is 0.247. The van der Waals surface area contributed by atoms with E-state index in [1.807, 2.05) is 41.3 Å². The maximum Gasteiger partial charge on any atom is 0.286 e. The van der Waals surface area contributed by atoms with Crippen LogP contribution in [0.5, 0.6) is 0 Å². The fourth-order valence-electron chi connectivity index (χ4n) is 3.10. The predicted molar refractivity (Wildman–Crippen MR) is 111 cm³/mol. The Morgan fingerprint density at radius 2 is 1.50 bits per heavy atom. The van der Waals surface area contributed by atoms with Crippen LogP contribution >= 0.6 is 11.8 Å². The first-order chi connectivity index (χ1) is 13.5. The van der Waals surface area contributed by atoms with Gasteiger partial charge in [-0.3, -0.25) is 4.79 Å². The standard InChI is InChI=1S/C20H19N3O3S2/c24-19-18(15-16-7-3-1-4-8-16)27-20(21-19)22-11-13-23(14-12-22)28(25,26)17-9-5-2-6-10-17/h1-10,15H,11-14H2/b18-15-. The Morgan fingerprint density at radius 3 is 2.14 bits per heavy atom. The van der Waals surface area contributed by atoms with Gasteiger partial charge in [0.15, 0.2) is 5.17 Å². The zero-order valence-electron chi connectivity index (χ0n) is 15.1. The zero-order chi connectivity index (χ0) is 19.6. The normalized spacial score (nSPS) is 19.9. The molecule has 2 aliphatic heterocycles. The average Bonchev–Trinajstić information content (AvgIpc) is 3.10. The van der Waals surface area contributed by atoms with Gasteiger partial charge in [0, 0.05) is 26.2 Å². The van der Waals surface area contributed by atoms with E-state index < -0.39 is 10.0 Å². The summed E-state index contributed by atoms with van der Waals surface area (Å²) in [5.41, 5.74) is 0.952. The molecule has 0 atom stereocenters. The zero-order valence-corrected chi connectivity index (χ0v) is 16.7. The lowest BCUT2D eigenvalue weighted by molar-refractivity contribution is -0.113. The molecule has 1 saturated heterocycles. The number of carbonyl (C=O) groups excluding carboxylic acids is 1. The fourth-order valence-corrected chi connectivity index (χ4v) is 5.50. The minimum Gasteiger partial charge on any atom is -0.348 e. The van der Waals surface area contributed by atoms with Gasteiger partial charge in [-0.15, -0.1) is 0 Å². The van der Waals surface area contributed by atoms with Crippen LogP contribution in [0.1, 0.15) is 5.56 Å². The summed E-state index contributed by atoms with van der Waals surface area (Å²) in [4.78, 5) is 19.3. The molecule has 6 nitrogen and oxygen atoms in total. The van der Waals surface area contributed by atoms with Crippen molar-refractivity contribution in [3.05, 3.63) is 71.1 Å². The van der Waals surface area contributed by atoms with Crippen LogP contribution in [-0.4, -0.2) is 54.9 Å². The lowest BCUT2D eigenvalue weighted by atomic mass is 10.2. The first-order valence-corrected chi connectivity index (χ1v) is 11.2. The highest BCUT2D eigenvalue weighted by atomic mass is 32.2. The van der Waals surface area contributed by atoms with Crippen molar-refractivity contribution in [3.8, 4) is 0 Å². The van der Waals surface area contributed by atoms with Gasteiger partial charge in [0.05, 0.1) is 9.80 Å². The van der Waals surface area contributed by atoms with Crippen LogP contribution < -0.4 is 0 Å². The van der Waals surface area contributed by atoms with Gasteiger partial charge in [-0.25, -0.2) is 8.42 Å². The largest absolute Gasteiger partial charge is 0.348 e. The van der Waals surface area contributed by atoms with E-state index >= 15 is 0 Å². The van der Waals surface area contributed by atoms with E-state index in [0.29, 0.717) is 41.1 Å². The highest BCUT2D eigenvalue weighted by molar-refractivity contribution is 8.18. The number of nitrogens with zero attached hydrogens (tertiary/aromatic N) is 3. The fraction of sp³-hybridized carbons (Fsp3) is 0.200. The van der Waals surface area contributed by atoms with E-state index in [9.17, 15) is 13.2 Å². The summed E-state index contributed by atoms with van der Waals surface area (Å²) in [7, 11) is -3.49. The van der Waals surface area contributed by atoms with E-state index in [4.69, 9.17) is 0 Å². The SMILES string of the molecule is O=C1N=C(N2CCN(S(=O)(=O)c3ccccc3)CC2)S/C1=C\c1ccccc1. The Kier molecular flexibility index (Phi) is 5.34. The second-order valence-corrected chi connectivity index (χ2v) is 9.37. The van der Waals surface area contributed by atoms with Crippen molar-refractivity contribution in [2.45, 2.75) is 4.90 Å². The smallest absolute Gasteiger partial charge is 0.286 e. The Balaban J connectivity index is 1.41. The van der Waals surface area contributed by atoms with Crippen molar-refractivity contribution < 1.29 is 13.2 Å². The quantitative estimate of drug-likeness (QED) is 0.724.